The lowest BCUT2D eigenvalue weighted by atomic mass is 9.92. The molecule has 0 radical (unpaired) electrons. The Hall–Kier alpha value is -2.71. The first-order valence-electron chi connectivity index (χ1n) is 10.3. The molecule has 0 aliphatic carbocycles. The van der Waals surface area contributed by atoms with Crippen LogP contribution < -0.4 is 4.74 Å². The molecule has 0 saturated carbocycles. The fourth-order valence-corrected chi connectivity index (χ4v) is 5.74. The first-order valence-corrected chi connectivity index (χ1v) is 11.1. The largest absolute Gasteiger partial charge is 0.497 e. The maximum absolute atomic E-state index is 5.52. The zero-order chi connectivity index (χ0) is 20.0. The smallest absolute Gasteiger partial charge is 0.120 e. The van der Waals surface area contributed by atoms with Crippen LogP contribution in [0.2, 0.25) is 0 Å². The van der Waals surface area contributed by atoms with E-state index in [4.69, 9.17) is 4.74 Å². The van der Waals surface area contributed by atoms with Gasteiger partial charge in [-0.3, -0.25) is 0 Å². The van der Waals surface area contributed by atoms with Gasteiger partial charge in [0, 0.05) is 9.79 Å². The lowest BCUT2D eigenvalue weighted by molar-refractivity contribution is 0.413. The summed E-state index contributed by atoms with van der Waals surface area (Å²) >= 11 is 1.89. The van der Waals surface area contributed by atoms with Crippen LogP contribution in [0.3, 0.4) is 0 Å². The third kappa shape index (κ3) is 2.94. The first-order chi connectivity index (χ1) is 14.2. The fraction of sp³-hybridized carbons (Fsp3) is 0.185. The first kappa shape index (κ1) is 18.3. The molecule has 1 nitrogen and oxygen atoms in total. The maximum atomic E-state index is 5.52. The second kappa shape index (κ2) is 7.27. The lowest BCUT2D eigenvalue weighted by Crippen LogP contribution is -1.94. The molecule has 2 heteroatoms. The molecule has 0 atom stereocenters. The molecule has 0 unspecified atom stereocenters. The minimum absolute atomic E-state index is 0.917. The van der Waals surface area contributed by atoms with Gasteiger partial charge in [0.25, 0.3) is 0 Å². The van der Waals surface area contributed by atoms with Crippen molar-refractivity contribution in [2.45, 2.75) is 36.5 Å². The van der Waals surface area contributed by atoms with E-state index in [0.29, 0.717) is 0 Å². The molecule has 0 aromatic heterocycles. The van der Waals surface area contributed by atoms with Gasteiger partial charge in [-0.05, 0) is 74.5 Å². The number of benzene rings is 5. The molecule has 5 aromatic carbocycles. The van der Waals surface area contributed by atoms with Gasteiger partial charge < -0.3 is 4.74 Å². The van der Waals surface area contributed by atoms with E-state index < -0.39 is 0 Å². The zero-order valence-electron chi connectivity index (χ0n) is 17.1. The minimum Gasteiger partial charge on any atom is -0.497 e. The monoisotopic (exact) mass is 396 g/mol. The highest BCUT2D eigenvalue weighted by Gasteiger charge is 2.16. The highest BCUT2D eigenvalue weighted by Crippen LogP contribution is 2.44. The van der Waals surface area contributed by atoms with E-state index in [1.54, 1.807) is 7.11 Å². The van der Waals surface area contributed by atoms with Crippen molar-refractivity contribution >= 4 is 44.1 Å². The predicted octanol–water partition coefficient (Wildman–Crippen LogP) is 7.87. The number of hydrogen-bond donors (Lipinski definition) is 0. The van der Waals surface area contributed by atoms with Crippen LogP contribution in [0.15, 0.2) is 76.5 Å². The summed E-state index contributed by atoms with van der Waals surface area (Å²) in [6.45, 7) is 4.47. The van der Waals surface area contributed by atoms with Crippen LogP contribution >= 0.6 is 11.8 Å². The Balaban J connectivity index is 1.81. The molecule has 0 spiro atoms. The Kier molecular flexibility index (Phi) is 4.60. The van der Waals surface area contributed by atoms with Gasteiger partial charge in [0.15, 0.2) is 0 Å². The molecule has 5 aromatic rings. The van der Waals surface area contributed by atoms with Gasteiger partial charge in [0.1, 0.15) is 5.75 Å². The summed E-state index contributed by atoms with van der Waals surface area (Å²) in [7, 11) is 1.74. The zero-order valence-corrected chi connectivity index (χ0v) is 17.9. The summed E-state index contributed by atoms with van der Waals surface area (Å²) in [6.07, 6.45) is 2.03. The van der Waals surface area contributed by atoms with Crippen molar-refractivity contribution in [1.29, 1.82) is 0 Å². The Morgan fingerprint density at radius 3 is 2.17 bits per heavy atom. The number of methoxy groups -OCH3 is 1. The van der Waals surface area contributed by atoms with E-state index in [-0.39, 0.29) is 0 Å². The molecule has 0 heterocycles. The molecular weight excluding hydrogens is 372 g/mol. The Labute approximate surface area is 176 Å². The molecule has 0 aliphatic heterocycles. The van der Waals surface area contributed by atoms with Gasteiger partial charge in [0.2, 0.25) is 0 Å². The van der Waals surface area contributed by atoms with Crippen molar-refractivity contribution in [2.75, 3.05) is 7.11 Å². The molecule has 0 bridgehead atoms. The lowest BCUT2D eigenvalue weighted by Gasteiger charge is -2.18. The van der Waals surface area contributed by atoms with Crippen LogP contribution in [0.25, 0.3) is 32.3 Å². The molecule has 0 saturated heterocycles. The number of rotatable bonds is 5. The summed E-state index contributed by atoms with van der Waals surface area (Å²) in [5.74, 6) is 0.917. The third-order valence-electron chi connectivity index (χ3n) is 5.92. The summed E-state index contributed by atoms with van der Waals surface area (Å²) < 4.78 is 5.52. The summed E-state index contributed by atoms with van der Waals surface area (Å²) in [5, 5.41) is 8.10. The Morgan fingerprint density at radius 1 is 0.724 bits per heavy atom. The standard InChI is InChI=1S/C27H24OS/c1-4-17-11-13-22(28-3)16-24(17)29-27-18(5-2)15-21-10-9-19-7-6-8-20-12-14-23(27)26(21)25(19)20/h6-16H,4-5H2,1-3H3. The van der Waals surface area contributed by atoms with E-state index >= 15 is 0 Å². The highest BCUT2D eigenvalue weighted by molar-refractivity contribution is 7.99. The minimum atomic E-state index is 0.917. The van der Waals surface area contributed by atoms with Crippen LogP contribution in [0.1, 0.15) is 25.0 Å². The predicted molar refractivity (Wildman–Crippen MR) is 126 cm³/mol. The van der Waals surface area contributed by atoms with Crippen LogP contribution in [-0.4, -0.2) is 7.11 Å². The summed E-state index contributed by atoms with van der Waals surface area (Å²) in [4.78, 5) is 2.66. The summed E-state index contributed by atoms with van der Waals surface area (Å²) in [6, 6.07) is 24.6. The van der Waals surface area contributed by atoms with Crippen molar-refractivity contribution in [1.82, 2.24) is 0 Å². The number of hydrogen-bond acceptors (Lipinski definition) is 2. The van der Waals surface area contributed by atoms with Crippen molar-refractivity contribution in [3.8, 4) is 5.75 Å². The normalized spacial score (nSPS) is 11.7. The van der Waals surface area contributed by atoms with E-state index in [1.165, 1.54) is 53.2 Å². The molecular formula is C27H24OS. The van der Waals surface area contributed by atoms with Crippen LogP contribution in [0.5, 0.6) is 5.75 Å². The van der Waals surface area contributed by atoms with Gasteiger partial charge >= 0.3 is 0 Å². The molecule has 0 N–H and O–H groups in total. The Morgan fingerprint density at radius 2 is 1.45 bits per heavy atom. The quantitative estimate of drug-likeness (QED) is 0.280. The van der Waals surface area contributed by atoms with E-state index in [0.717, 1.165) is 18.6 Å². The molecule has 0 aliphatic rings. The van der Waals surface area contributed by atoms with Crippen molar-refractivity contribution in [2.24, 2.45) is 0 Å². The van der Waals surface area contributed by atoms with E-state index in [2.05, 4.69) is 80.6 Å². The Bertz CT molecular complexity index is 1320. The number of aryl methyl sites for hydroxylation is 2. The van der Waals surface area contributed by atoms with Crippen molar-refractivity contribution in [3.05, 3.63) is 77.9 Å². The number of ether oxygens (including phenoxy) is 1. The second-order valence-corrected chi connectivity index (χ2v) is 8.56. The van der Waals surface area contributed by atoms with Gasteiger partial charge in [-0.15, -0.1) is 0 Å². The third-order valence-corrected chi connectivity index (χ3v) is 7.21. The molecule has 144 valence electrons. The second-order valence-electron chi connectivity index (χ2n) is 7.50. The van der Waals surface area contributed by atoms with Gasteiger partial charge in [-0.25, -0.2) is 0 Å². The van der Waals surface area contributed by atoms with E-state index in [9.17, 15) is 0 Å². The molecule has 0 fully saturated rings. The SMILES string of the molecule is CCc1ccc(OC)cc1Sc1c(CC)cc2ccc3cccc4ccc1c2c34. The maximum Gasteiger partial charge on any atom is 0.120 e. The summed E-state index contributed by atoms with van der Waals surface area (Å²) in [5.41, 5.74) is 2.77. The van der Waals surface area contributed by atoms with Crippen LogP contribution in [0, 0.1) is 0 Å². The molecule has 0 amide bonds. The molecule has 5 rings (SSSR count). The highest BCUT2D eigenvalue weighted by atomic mass is 32.2. The fourth-order valence-electron chi connectivity index (χ4n) is 4.39. The average molecular weight is 397 g/mol. The van der Waals surface area contributed by atoms with Crippen molar-refractivity contribution < 1.29 is 4.74 Å². The van der Waals surface area contributed by atoms with Gasteiger partial charge in [0.05, 0.1) is 7.11 Å². The van der Waals surface area contributed by atoms with Crippen LogP contribution in [0.4, 0.5) is 0 Å². The van der Waals surface area contributed by atoms with Gasteiger partial charge in [-0.1, -0.05) is 74.1 Å². The molecule has 29 heavy (non-hydrogen) atoms. The van der Waals surface area contributed by atoms with E-state index in [1.807, 2.05) is 11.8 Å². The van der Waals surface area contributed by atoms with Gasteiger partial charge in [-0.2, -0.15) is 0 Å². The topological polar surface area (TPSA) is 9.23 Å². The van der Waals surface area contributed by atoms with Crippen LogP contribution in [-0.2, 0) is 12.8 Å². The van der Waals surface area contributed by atoms with Crippen molar-refractivity contribution in [3.63, 3.8) is 0 Å². The average Bonchev–Trinajstić information content (AvgIpc) is 2.78.